The van der Waals surface area contributed by atoms with Crippen LogP contribution in [0, 0.1) is 11.8 Å². The zero-order valence-electron chi connectivity index (χ0n) is 14.5. The first kappa shape index (κ1) is 19.6. The summed E-state index contributed by atoms with van der Waals surface area (Å²) in [6, 6.07) is 5.40. The van der Waals surface area contributed by atoms with Gasteiger partial charge in [0, 0.05) is 30.3 Å². The van der Waals surface area contributed by atoms with Gasteiger partial charge in [-0.3, -0.25) is 0 Å². The van der Waals surface area contributed by atoms with Crippen LogP contribution in [-0.4, -0.2) is 40.5 Å². The molecule has 142 valence electrons. The van der Waals surface area contributed by atoms with Crippen molar-refractivity contribution in [2.24, 2.45) is 11.8 Å². The second-order valence-corrected chi connectivity index (χ2v) is 11.2. The summed E-state index contributed by atoms with van der Waals surface area (Å²) in [5.41, 5.74) is 0. The number of sulfone groups is 1. The SMILES string of the molecule is CS(=O)(=O)c1ccc(S(=O)(=O)N2CCC(C3C=CCC=C3Cl)CC2)cc1. The van der Waals surface area contributed by atoms with Gasteiger partial charge in [0.15, 0.2) is 9.84 Å². The molecule has 1 aromatic carbocycles. The molecule has 1 heterocycles. The maximum atomic E-state index is 12.8. The van der Waals surface area contributed by atoms with Gasteiger partial charge in [-0.2, -0.15) is 4.31 Å². The van der Waals surface area contributed by atoms with E-state index in [4.69, 9.17) is 11.6 Å². The number of allylic oxidation sites excluding steroid dienone is 4. The van der Waals surface area contributed by atoms with Crippen LogP contribution in [0.25, 0.3) is 0 Å². The minimum atomic E-state index is -3.62. The third-order valence-corrected chi connectivity index (χ3v) is 8.45. The van der Waals surface area contributed by atoms with Crippen LogP contribution < -0.4 is 0 Å². The molecule has 1 fully saturated rings. The molecule has 3 rings (SSSR count). The van der Waals surface area contributed by atoms with Crippen molar-refractivity contribution in [3.05, 3.63) is 47.5 Å². The van der Waals surface area contributed by atoms with Crippen LogP contribution in [0.5, 0.6) is 0 Å². The number of piperidine rings is 1. The fraction of sp³-hybridized carbons (Fsp3) is 0.444. The Labute approximate surface area is 160 Å². The van der Waals surface area contributed by atoms with E-state index in [-0.39, 0.29) is 15.7 Å². The van der Waals surface area contributed by atoms with Gasteiger partial charge in [0.2, 0.25) is 10.0 Å². The Morgan fingerprint density at radius 3 is 2.12 bits per heavy atom. The highest BCUT2D eigenvalue weighted by atomic mass is 35.5. The second kappa shape index (κ2) is 7.46. The maximum absolute atomic E-state index is 12.8. The van der Waals surface area contributed by atoms with E-state index in [0.717, 1.165) is 30.6 Å². The standard InChI is InChI=1S/C18H22ClNO4S2/c1-25(21,22)15-6-8-16(9-7-15)26(23,24)20-12-10-14(11-13-20)17-4-2-3-5-18(17)19/h2,4-9,14,17H,3,10-13H2,1H3. The lowest BCUT2D eigenvalue weighted by atomic mass is 9.82. The monoisotopic (exact) mass is 415 g/mol. The molecule has 1 aromatic rings. The molecule has 0 saturated carbocycles. The van der Waals surface area contributed by atoms with E-state index in [1.807, 2.05) is 6.08 Å². The van der Waals surface area contributed by atoms with Crippen molar-refractivity contribution < 1.29 is 16.8 Å². The molecule has 8 heteroatoms. The molecule has 0 bridgehead atoms. The van der Waals surface area contributed by atoms with E-state index in [1.165, 1.54) is 28.6 Å². The molecule has 0 N–H and O–H groups in total. The highest BCUT2D eigenvalue weighted by molar-refractivity contribution is 7.90. The van der Waals surface area contributed by atoms with E-state index in [2.05, 4.69) is 12.2 Å². The summed E-state index contributed by atoms with van der Waals surface area (Å²) < 4.78 is 50.2. The van der Waals surface area contributed by atoms with Gasteiger partial charge in [0.25, 0.3) is 0 Å². The predicted octanol–water partition coefficient (Wildman–Crippen LogP) is 3.19. The molecule has 5 nitrogen and oxygen atoms in total. The zero-order valence-corrected chi connectivity index (χ0v) is 16.9. The molecular weight excluding hydrogens is 394 g/mol. The van der Waals surface area contributed by atoms with Crippen molar-refractivity contribution in [1.82, 2.24) is 4.31 Å². The average Bonchev–Trinajstić information content (AvgIpc) is 2.62. The zero-order chi connectivity index (χ0) is 18.9. The Kier molecular flexibility index (Phi) is 5.63. The lowest BCUT2D eigenvalue weighted by Gasteiger charge is -2.35. The lowest BCUT2D eigenvalue weighted by molar-refractivity contribution is 0.248. The van der Waals surface area contributed by atoms with E-state index in [1.54, 1.807) is 0 Å². The van der Waals surface area contributed by atoms with Crippen molar-refractivity contribution >= 4 is 31.5 Å². The number of benzene rings is 1. The van der Waals surface area contributed by atoms with Gasteiger partial charge in [-0.1, -0.05) is 29.8 Å². The van der Waals surface area contributed by atoms with Crippen LogP contribution >= 0.6 is 11.6 Å². The van der Waals surface area contributed by atoms with Gasteiger partial charge in [-0.15, -0.1) is 0 Å². The van der Waals surface area contributed by atoms with Crippen LogP contribution in [0.1, 0.15) is 19.3 Å². The molecule has 0 spiro atoms. The summed E-state index contributed by atoms with van der Waals surface area (Å²) in [5, 5.41) is 0.852. The Morgan fingerprint density at radius 2 is 1.58 bits per heavy atom. The smallest absolute Gasteiger partial charge is 0.224 e. The van der Waals surface area contributed by atoms with Crippen LogP contribution in [0.4, 0.5) is 0 Å². The first-order valence-corrected chi connectivity index (χ1v) is 12.2. The van der Waals surface area contributed by atoms with Crippen molar-refractivity contribution in [3.63, 3.8) is 0 Å². The van der Waals surface area contributed by atoms with Crippen LogP contribution in [0.3, 0.4) is 0 Å². The summed E-state index contributed by atoms with van der Waals surface area (Å²) in [5.74, 6) is 0.527. The third kappa shape index (κ3) is 4.06. The summed E-state index contributed by atoms with van der Waals surface area (Å²) in [6.07, 6.45) is 9.69. The Bertz CT molecular complexity index is 926. The first-order valence-electron chi connectivity index (χ1n) is 8.52. The number of nitrogens with zero attached hydrogens (tertiary/aromatic N) is 1. The molecule has 1 unspecified atom stereocenters. The molecule has 1 atom stereocenters. The molecule has 1 aliphatic carbocycles. The number of sulfonamides is 1. The minimum absolute atomic E-state index is 0.112. The highest BCUT2D eigenvalue weighted by Crippen LogP contribution is 2.36. The molecule has 1 aliphatic heterocycles. The van der Waals surface area contributed by atoms with Crippen molar-refractivity contribution in [2.45, 2.75) is 29.1 Å². The minimum Gasteiger partial charge on any atom is -0.224 e. The van der Waals surface area contributed by atoms with E-state index >= 15 is 0 Å². The summed E-state index contributed by atoms with van der Waals surface area (Å²) >= 11 is 6.32. The molecule has 0 aromatic heterocycles. The molecule has 0 amide bonds. The van der Waals surface area contributed by atoms with Gasteiger partial charge in [0.05, 0.1) is 9.79 Å². The quantitative estimate of drug-likeness (QED) is 0.708. The summed E-state index contributed by atoms with van der Waals surface area (Å²) in [4.78, 5) is 0.236. The summed E-state index contributed by atoms with van der Waals surface area (Å²) in [6.45, 7) is 0.880. The average molecular weight is 416 g/mol. The number of hydrogen-bond acceptors (Lipinski definition) is 4. The fourth-order valence-electron chi connectivity index (χ4n) is 3.50. The fourth-order valence-corrected chi connectivity index (χ4v) is 5.94. The topological polar surface area (TPSA) is 71.5 Å². The van der Waals surface area contributed by atoms with Gasteiger partial charge in [-0.05, 0) is 49.4 Å². The van der Waals surface area contributed by atoms with Crippen molar-refractivity contribution in [3.8, 4) is 0 Å². The largest absolute Gasteiger partial charge is 0.243 e. The maximum Gasteiger partial charge on any atom is 0.243 e. The van der Waals surface area contributed by atoms with Crippen LogP contribution in [-0.2, 0) is 19.9 Å². The molecule has 1 saturated heterocycles. The third-order valence-electron chi connectivity index (χ3n) is 5.01. The highest BCUT2D eigenvalue weighted by Gasteiger charge is 2.33. The van der Waals surface area contributed by atoms with Crippen LogP contribution in [0.2, 0.25) is 0 Å². The normalized spacial score (nSPS) is 23.0. The van der Waals surface area contributed by atoms with Crippen molar-refractivity contribution in [2.75, 3.05) is 19.3 Å². The van der Waals surface area contributed by atoms with Gasteiger partial charge in [0.1, 0.15) is 0 Å². The predicted molar refractivity (Wildman–Crippen MR) is 102 cm³/mol. The summed E-state index contributed by atoms with van der Waals surface area (Å²) in [7, 11) is -6.97. The van der Waals surface area contributed by atoms with Gasteiger partial charge < -0.3 is 0 Å². The van der Waals surface area contributed by atoms with E-state index in [0.29, 0.717) is 19.0 Å². The molecular formula is C18H22ClNO4S2. The Balaban J connectivity index is 1.71. The molecule has 2 aliphatic rings. The number of halogens is 1. The second-order valence-electron chi connectivity index (χ2n) is 6.76. The first-order chi connectivity index (χ1) is 12.2. The van der Waals surface area contributed by atoms with Crippen molar-refractivity contribution in [1.29, 1.82) is 0 Å². The Morgan fingerprint density at radius 1 is 1.00 bits per heavy atom. The van der Waals surface area contributed by atoms with E-state index < -0.39 is 19.9 Å². The Hall–Kier alpha value is -1.15. The van der Waals surface area contributed by atoms with Gasteiger partial charge in [-0.25, -0.2) is 16.8 Å². The van der Waals surface area contributed by atoms with E-state index in [9.17, 15) is 16.8 Å². The molecule has 0 radical (unpaired) electrons. The van der Waals surface area contributed by atoms with Gasteiger partial charge >= 0.3 is 0 Å². The van der Waals surface area contributed by atoms with Crippen LogP contribution in [0.15, 0.2) is 57.3 Å². The lowest BCUT2D eigenvalue weighted by Crippen LogP contribution is -2.40. The number of hydrogen-bond donors (Lipinski definition) is 0. The number of rotatable bonds is 4. The molecule has 26 heavy (non-hydrogen) atoms.